The minimum atomic E-state index is -0.267. The second kappa shape index (κ2) is 28.5. The van der Waals surface area contributed by atoms with Crippen LogP contribution in [0.2, 0.25) is 0 Å². The second-order valence-corrected chi connectivity index (χ2v) is 11.4. The number of rotatable bonds is 28. The number of benzene rings is 1. The molecule has 0 saturated carbocycles. The van der Waals surface area contributed by atoms with Gasteiger partial charge in [0.15, 0.2) is 0 Å². The van der Waals surface area contributed by atoms with Crippen molar-refractivity contribution in [3.63, 3.8) is 0 Å². The first-order valence-corrected chi connectivity index (χ1v) is 16.8. The molecule has 1 N–H and O–H groups in total. The molecule has 5 heteroatoms. The Morgan fingerprint density at radius 3 is 1.60 bits per heavy atom. The first-order chi connectivity index (χ1) is 19.7. The third kappa shape index (κ3) is 25.0. The third-order valence-electron chi connectivity index (χ3n) is 7.55. The van der Waals surface area contributed by atoms with Gasteiger partial charge in [-0.15, -0.1) is 0 Å². The van der Waals surface area contributed by atoms with Gasteiger partial charge in [-0.3, -0.25) is 4.79 Å². The zero-order valence-electron chi connectivity index (χ0n) is 25.9. The molecule has 1 aromatic rings. The van der Waals surface area contributed by atoms with Gasteiger partial charge in [-0.1, -0.05) is 159 Å². The van der Waals surface area contributed by atoms with Crippen LogP contribution in [0.1, 0.15) is 160 Å². The summed E-state index contributed by atoms with van der Waals surface area (Å²) in [6.07, 6.45) is 27.8. The fourth-order valence-corrected chi connectivity index (χ4v) is 4.97. The molecule has 0 aliphatic rings. The van der Waals surface area contributed by atoms with Gasteiger partial charge in [-0.25, -0.2) is 4.79 Å². The highest BCUT2D eigenvalue weighted by molar-refractivity contribution is 5.69. The maximum atomic E-state index is 11.8. The Labute approximate surface area is 246 Å². The van der Waals surface area contributed by atoms with E-state index in [-0.39, 0.29) is 12.1 Å². The molecule has 0 heterocycles. The highest BCUT2D eigenvalue weighted by Crippen LogP contribution is 2.13. The summed E-state index contributed by atoms with van der Waals surface area (Å²) in [7, 11) is 0. The Morgan fingerprint density at radius 2 is 1.05 bits per heavy atom. The molecule has 1 aromatic carbocycles. The number of carbonyl (C=O) groups is 2. The van der Waals surface area contributed by atoms with Gasteiger partial charge in [-0.05, 0) is 24.8 Å². The smallest absolute Gasteiger partial charge is 0.407 e. The van der Waals surface area contributed by atoms with Gasteiger partial charge in [0, 0.05) is 13.0 Å². The number of esters is 1. The van der Waals surface area contributed by atoms with Crippen molar-refractivity contribution in [2.45, 2.75) is 161 Å². The van der Waals surface area contributed by atoms with E-state index in [1.54, 1.807) is 0 Å². The zero-order valence-corrected chi connectivity index (χ0v) is 25.9. The number of unbranched alkanes of at least 4 members (excludes halogenated alkanes) is 20. The summed E-state index contributed by atoms with van der Waals surface area (Å²) < 4.78 is 10.6. The molecule has 1 amide bonds. The van der Waals surface area contributed by atoms with Gasteiger partial charge in [0.25, 0.3) is 0 Å². The normalized spacial score (nSPS) is 10.9. The van der Waals surface area contributed by atoms with Crippen LogP contribution in [0.3, 0.4) is 0 Å². The van der Waals surface area contributed by atoms with Gasteiger partial charge in [-0.2, -0.15) is 0 Å². The summed E-state index contributed by atoms with van der Waals surface area (Å²) in [6, 6.07) is 9.81. The topological polar surface area (TPSA) is 64.6 Å². The summed E-state index contributed by atoms with van der Waals surface area (Å²) in [5.41, 5.74) is 1.03. The summed E-state index contributed by atoms with van der Waals surface area (Å²) in [5.74, 6) is -0.102. The van der Waals surface area contributed by atoms with E-state index < -0.39 is 0 Å². The van der Waals surface area contributed by atoms with Crippen molar-refractivity contribution >= 4 is 12.1 Å². The van der Waals surface area contributed by atoms with E-state index in [2.05, 4.69) is 12.2 Å². The van der Waals surface area contributed by atoms with Crippen LogP contribution in [-0.2, 0) is 20.9 Å². The monoisotopic (exact) mass is 559 g/mol. The van der Waals surface area contributed by atoms with Crippen LogP contribution in [0.15, 0.2) is 30.3 Å². The highest BCUT2D eigenvalue weighted by atomic mass is 16.5. The molecule has 0 unspecified atom stereocenters. The van der Waals surface area contributed by atoms with Gasteiger partial charge < -0.3 is 14.8 Å². The number of carbonyl (C=O) groups excluding carboxylic acids is 2. The van der Waals surface area contributed by atoms with E-state index in [1.807, 2.05) is 30.3 Å². The number of hydrogen-bond donors (Lipinski definition) is 1. The molecule has 0 spiro atoms. The number of amides is 1. The van der Waals surface area contributed by atoms with Gasteiger partial charge in [0.2, 0.25) is 0 Å². The average molecular weight is 560 g/mol. The lowest BCUT2D eigenvalue weighted by atomic mass is 10.0. The van der Waals surface area contributed by atoms with E-state index >= 15 is 0 Å². The van der Waals surface area contributed by atoms with Crippen molar-refractivity contribution in [3.05, 3.63) is 35.9 Å². The first kappa shape index (κ1) is 36.0. The molecule has 1 rings (SSSR count). The van der Waals surface area contributed by atoms with Crippen LogP contribution < -0.4 is 5.32 Å². The molecular weight excluding hydrogens is 498 g/mol. The van der Waals surface area contributed by atoms with E-state index in [9.17, 15) is 9.59 Å². The van der Waals surface area contributed by atoms with Crippen LogP contribution in [-0.4, -0.2) is 25.2 Å². The molecular formula is C35H61NO4. The Balaban J connectivity index is 1.73. The van der Waals surface area contributed by atoms with Crippen molar-refractivity contribution in [1.82, 2.24) is 5.32 Å². The van der Waals surface area contributed by atoms with Crippen LogP contribution >= 0.6 is 0 Å². The summed E-state index contributed by atoms with van der Waals surface area (Å²) in [5, 5.41) is 2.88. The predicted molar refractivity (Wildman–Crippen MR) is 167 cm³/mol. The lowest BCUT2D eigenvalue weighted by Crippen LogP contribution is -2.25. The van der Waals surface area contributed by atoms with E-state index in [0.717, 1.165) is 50.5 Å². The van der Waals surface area contributed by atoms with Gasteiger partial charge in [0.1, 0.15) is 6.61 Å². The SMILES string of the molecule is CCCCCCCCCCCCCCCCOC(=O)NCCCCCCCCCCC(=O)OCc1ccccc1. The standard InChI is InChI=1S/C35H61NO4/c1-2-3-4-5-6-7-8-9-10-11-14-17-20-26-31-39-35(38)36-30-25-19-16-13-12-15-18-24-29-34(37)40-32-33-27-22-21-23-28-33/h21-23,27-28H,2-20,24-26,29-32H2,1H3,(H,36,38). The fraction of sp³-hybridized carbons (Fsp3) is 0.771. The van der Waals surface area contributed by atoms with Crippen molar-refractivity contribution in [3.8, 4) is 0 Å². The Bertz CT molecular complexity index is 694. The van der Waals surface area contributed by atoms with E-state index in [0.29, 0.717) is 26.2 Å². The van der Waals surface area contributed by atoms with Crippen molar-refractivity contribution in [2.75, 3.05) is 13.2 Å². The quantitative estimate of drug-likeness (QED) is 0.0819. The first-order valence-electron chi connectivity index (χ1n) is 16.8. The highest BCUT2D eigenvalue weighted by Gasteiger charge is 2.04. The second-order valence-electron chi connectivity index (χ2n) is 11.4. The number of hydrogen-bond acceptors (Lipinski definition) is 4. The molecule has 0 bridgehead atoms. The molecule has 0 saturated heterocycles. The van der Waals surface area contributed by atoms with E-state index in [4.69, 9.17) is 9.47 Å². The van der Waals surface area contributed by atoms with Crippen molar-refractivity contribution in [2.24, 2.45) is 0 Å². The van der Waals surface area contributed by atoms with Crippen molar-refractivity contribution in [1.29, 1.82) is 0 Å². The third-order valence-corrected chi connectivity index (χ3v) is 7.55. The lowest BCUT2D eigenvalue weighted by molar-refractivity contribution is -0.145. The van der Waals surface area contributed by atoms with Crippen LogP contribution in [0.25, 0.3) is 0 Å². The molecule has 230 valence electrons. The largest absolute Gasteiger partial charge is 0.461 e. The molecule has 0 aromatic heterocycles. The lowest BCUT2D eigenvalue weighted by Gasteiger charge is -2.07. The minimum Gasteiger partial charge on any atom is -0.461 e. The zero-order chi connectivity index (χ0) is 28.8. The Morgan fingerprint density at radius 1 is 0.575 bits per heavy atom. The Hall–Kier alpha value is -2.04. The minimum absolute atomic E-state index is 0.102. The molecule has 0 fully saturated rings. The van der Waals surface area contributed by atoms with Crippen molar-refractivity contribution < 1.29 is 19.1 Å². The van der Waals surface area contributed by atoms with Crippen LogP contribution in [0.4, 0.5) is 4.79 Å². The molecule has 40 heavy (non-hydrogen) atoms. The van der Waals surface area contributed by atoms with E-state index in [1.165, 1.54) is 96.3 Å². The molecule has 0 atom stereocenters. The van der Waals surface area contributed by atoms with Crippen LogP contribution in [0, 0.1) is 0 Å². The van der Waals surface area contributed by atoms with Crippen LogP contribution in [0.5, 0.6) is 0 Å². The molecule has 0 radical (unpaired) electrons. The van der Waals surface area contributed by atoms with Gasteiger partial charge in [0.05, 0.1) is 6.61 Å². The average Bonchev–Trinajstić information content (AvgIpc) is 2.97. The molecule has 5 nitrogen and oxygen atoms in total. The predicted octanol–water partition coefficient (Wildman–Crippen LogP) is 10.4. The molecule has 0 aliphatic heterocycles. The Kier molecular flexibility index (Phi) is 25.6. The number of nitrogens with one attached hydrogen (secondary N) is 1. The number of alkyl carbamates (subject to hydrolysis) is 1. The maximum absolute atomic E-state index is 11.8. The summed E-state index contributed by atoms with van der Waals surface area (Å²) in [6.45, 7) is 3.88. The summed E-state index contributed by atoms with van der Waals surface area (Å²) in [4.78, 5) is 23.6. The fourth-order valence-electron chi connectivity index (χ4n) is 4.97. The molecule has 0 aliphatic carbocycles. The van der Waals surface area contributed by atoms with Gasteiger partial charge >= 0.3 is 12.1 Å². The maximum Gasteiger partial charge on any atom is 0.407 e. The number of ether oxygens (including phenoxy) is 2. The summed E-state index contributed by atoms with van der Waals surface area (Å²) >= 11 is 0.